The normalized spacial score (nSPS) is 31.2. The third-order valence-corrected chi connectivity index (χ3v) is 3.00. The van der Waals surface area contributed by atoms with Crippen LogP contribution in [0.15, 0.2) is 12.5 Å². The van der Waals surface area contributed by atoms with Crippen molar-refractivity contribution in [2.75, 3.05) is 26.4 Å². The molecule has 0 aromatic carbocycles. The highest BCUT2D eigenvalue weighted by Gasteiger charge is 2.34. The zero-order valence-electron chi connectivity index (χ0n) is 12.6. The van der Waals surface area contributed by atoms with E-state index in [4.69, 9.17) is 28.4 Å². The number of hydrogen-bond acceptors (Lipinski definition) is 6. The largest absolute Gasteiger partial charge is 0.463 e. The van der Waals surface area contributed by atoms with Gasteiger partial charge in [0.05, 0.1) is 13.2 Å². The van der Waals surface area contributed by atoms with Crippen molar-refractivity contribution in [1.29, 1.82) is 0 Å². The van der Waals surface area contributed by atoms with Gasteiger partial charge in [0.2, 0.25) is 0 Å². The highest BCUT2D eigenvalue weighted by atomic mass is 16.8. The lowest BCUT2D eigenvalue weighted by molar-refractivity contribution is -0.150. The minimum atomic E-state index is -0.545. The van der Waals surface area contributed by atoms with Crippen molar-refractivity contribution in [3.8, 4) is 0 Å². The molecule has 0 spiro atoms. The molecule has 0 bridgehead atoms. The standard InChI is InChI=1S/C14H24O6/c1-10(15-6-11-8-17-13(2,3)19-11)16-7-12-9-18-14(4,5)20-12/h11-12H,1,6-9H2,2-5H3. The third kappa shape index (κ3) is 4.63. The molecule has 0 radical (unpaired) electrons. The lowest BCUT2D eigenvalue weighted by atomic mass is 10.4. The quantitative estimate of drug-likeness (QED) is 0.695. The van der Waals surface area contributed by atoms with Gasteiger partial charge >= 0.3 is 0 Å². The number of hydrogen-bond donors (Lipinski definition) is 0. The van der Waals surface area contributed by atoms with Gasteiger partial charge in [0, 0.05) is 0 Å². The molecule has 2 rings (SSSR count). The number of rotatable bonds is 6. The lowest BCUT2D eigenvalue weighted by Gasteiger charge is -2.19. The smallest absolute Gasteiger partial charge is 0.271 e. The van der Waals surface area contributed by atoms with Crippen LogP contribution in [0, 0.1) is 0 Å². The van der Waals surface area contributed by atoms with Gasteiger partial charge in [-0.3, -0.25) is 0 Å². The summed E-state index contributed by atoms with van der Waals surface area (Å²) in [7, 11) is 0. The van der Waals surface area contributed by atoms with Crippen LogP contribution in [0.2, 0.25) is 0 Å². The van der Waals surface area contributed by atoms with Gasteiger partial charge in [0.15, 0.2) is 11.6 Å². The first-order valence-corrected chi connectivity index (χ1v) is 6.84. The molecule has 0 aromatic heterocycles. The van der Waals surface area contributed by atoms with Crippen LogP contribution < -0.4 is 0 Å². The molecule has 2 aliphatic rings. The molecular formula is C14H24O6. The summed E-state index contributed by atoms with van der Waals surface area (Å²) in [6.07, 6.45) is -0.203. The molecular weight excluding hydrogens is 264 g/mol. The fourth-order valence-electron chi connectivity index (χ4n) is 2.10. The Morgan fingerprint density at radius 1 is 0.950 bits per heavy atom. The maximum Gasteiger partial charge on any atom is 0.271 e. The Bertz CT molecular complexity index is 320. The van der Waals surface area contributed by atoms with E-state index in [1.165, 1.54) is 0 Å². The molecule has 2 fully saturated rings. The summed E-state index contributed by atoms with van der Waals surface area (Å²) in [4.78, 5) is 0. The lowest BCUT2D eigenvalue weighted by Crippen LogP contribution is -2.25. The van der Waals surface area contributed by atoms with Crippen LogP contribution in [0.5, 0.6) is 0 Å². The fourth-order valence-corrected chi connectivity index (χ4v) is 2.10. The van der Waals surface area contributed by atoms with Crippen molar-refractivity contribution in [3.05, 3.63) is 12.5 Å². The fraction of sp³-hybridized carbons (Fsp3) is 0.857. The Balaban J connectivity index is 1.59. The van der Waals surface area contributed by atoms with E-state index >= 15 is 0 Å². The first-order valence-electron chi connectivity index (χ1n) is 6.84. The van der Waals surface area contributed by atoms with Gasteiger partial charge in [-0.05, 0) is 34.3 Å². The Labute approximate surface area is 119 Å². The average Bonchev–Trinajstić information content (AvgIpc) is 2.86. The SMILES string of the molecule is C=C(OCC1COC(C)(C)O1)OCC1COC(C)(C)O1. The van der Waals surface area contributed by atoms with Crippen LogP contribution in [0.1, 0.15) is 27.7 Å². The average molecular weight is 288 g/mol. The second-order valence-corrected chi connectivity index (χ2v) is 5.90. The molecule has 0 saturated carbocycles. The van der Waals surface area contributed by atoms with Gasteiger partial charge in [-0.1, -0.05) is 0 Å². The third-order valence-electron chi connectivity index (χ3n) is 3.00. The summed E-state index contributed by atoms with van der Waals surface area (Å²) in [5, 5.41) is 0. The van der Waals surface area contributed by atoms with Gasteiger partial charge in [-0.25, -0.2) is 0 Å². The summed E-state index contributed by atoms with van der Waals surface area (Å²) >= 11 is 0. The molecule has 2 heterocycles. The molecule has 2 atom stereocenters. The van der Waals surface area contributed by atoms with Crippen molar-refractivity contribution < 1.29 is 28.4 Å². The summed E-state index contributed by atoms with van der Waals surface area (Å²) in [5.41, 5.74) is 0. The predicted octanol–water partition coefficient (Wildman–Crippen LogP) is 1.79. The Morgan fingerprint density at radius 3 is 1.65 bits per heavy atom. The Morgan fingerprint density at radius 2 is 1.35 bits per heavy atom. The summed E-state index contributed by atoms with van der Waals surface area (Å²) in [6.45, 7) is 12.9. The van der Waals surface area contributed by atoms with Crippen molar-refractivity contribution in [2.45, 2.75) is 51.5 Å². The van der Waals surface area contributed by atoms with Gasteiger partial charge in [0.25, 0.3) is 5.95 Å². The van der Waals surface area contributed by atoms with E-state index in [2.05, 4.69) is 6.58 Å². The van der Waals surface area contributed by atoms with Gasteiger partial charge in [0.1, 0.15) is 25.4 Å². The van der Waals surface area contributed by atoms with Crippen LogP contribution >= 0.6 is 0 Å². The zero-order chi connectivity index (χ0) is 14.8. The van der Waals surface area contributed by atoms with Crippen LogP contribution in [-0.2, 0) is 28.4 Å². The van der Waals surface area contributed by atoms with Crippen LogP contribution in [0.25, 0.3) is 0 Å². The van der Waals surface area contributed by atoms with Gasteiger partial charge < -0.3 is 28.4 Å². The second-order valence-electron chi connectivity index (χ2n) is 5.90. The van der Waals surface area contributed by atoms with Crippen molar-refractivity contribution in [1.82, 2.24) is 0 Å². The van der Waals surface area contributed by atoms with E-state index in [0.717, 1.165) is 0 Å². The number of ether oxygens (including phenoxy) is 6. The molecule has 116 valence electrons. The molecule has 2 unspecified atom stereocenters. The molecule has 0 aromatic rings. The van der Waals surface area contributed by atoms with E-state index in [0.29, 0.717) is 26.4 Å². The topological polar surface area (TPSA) is 55.4 Å². The van der Waals surface area contributed by atoms with Crippen LogP contribution in [0.3, 0.4) is 0 Å². The van der Waals surface area contributed by atoms with Crippen LogP contribution in [-0.4, -0.2) is 50.2 Å². The van der Waals surface area contributed by atoms with E-state index in [1.807, 2.05) is 27.7 Å². The molecule has 0 N–H and O–H groups in total. The Kier molecular flexibility index (Phi) is 4.59. The van der Waals surface area contributed by atoms with E-state index < -0.39 is 11.6 Å². The highest BCUT2D eigenvalue weighted by molar-refractivity contribution is 4.77. The highest BCUT2D eigenvalue weighted by Crippen LogP contribution is 2.24. The summed E-state index contributed by atoms with van der Waals surface area (Å²) in [5.74, 6) is -0.834. The maximum atomic E-state index is 5.62. The van der Waals surface area contributed by atoms with E-state index in [-0.39, 0.29) is 18.2 Å². The van der Waals surface area contributed by atoms with E-state index in [1.54, 1.807) is 0 Å². The van der Waals surface area contributed by atoms with E-state index in [9.17, 15) is 0 Å². The first-order chi connectivity index (χ1) is 9.26. The van der Waals surface area contributed by atoms with Crippen molar-refractivity contribution in [3.63, 3.8) is 0 Å². The Hall–Kier alpha value is -0.820. The molecule has 6 nitrogen and oxygen atoms in total. The zero-order valence-corrected chi connectivity index (χ0v) is 12.6. The molecule has 2 aliphatic heterocycles. The first kappa shape index (κ1) is 15.6. The van der Waals surface area contributed by atoms with Gasteiger partial charge in [-0.15, -0.1) is 0 Å². The molecule has 2 saturated heterocycles. The van der Waals surface area contributed by atoms with Crippen molar-refractivity contribution >= 4 is 0 Å². The molecule has 20 heavy (non-hydrogen) atoms. The maximum absolute atomic E-state index is 5.62. The summed E-state index contributed by atoms with van der Waals surface area (Å²) < 4.78 is 32.9. The minimum absolute atomic E-state index is 0.102. The van der Waals surface area contributed by atoms with Crippen molar-refractivity contribution in [2.24, 2.45) is 0 Å². The minimum Gasteiger partial charge on any atom is -0.463 e. The predicted molar refractivity (Wildman–Crippen MR) is 70.9 cm³/mol. The molecule has 0 amide bonds. The monoisotopic (exact) mass is 288 g/mol. The second kappa shape index (κ2) is 5.89. The van der Waals surface area contributed by atoms with Gasteiger partial charge in [-0.2, -0.15) is 0 Å². The summed E-state index contributed by atoms with van der Waals surface area (Å²) in [6, 6.07) is 0. The molecule has 0 aliphatic carbocycles. The van der Waals surface area contributed by atoms with Crippen LogP contribution in [0.4, 0.5) is 0 Å². The molecule has 6 heteroatoms.